The first-order chi connectivity index (χ1) is 14.9. The summed E-state index contributed by atoms with van der Waals surface area (Å²) in [5.41, 5.74) is 1.24. The summed E-state index contributed by atoms with van der Waals surface area (Å²) in [6.45, 7) is 2.61. The zero-order chi connectivity index (χ0) is 21.7. The molecular formula is C23H20BrFN3O3+. The summed E-state index contributed by atoms with van der Waals surface area (Å²) in [4.78, 5) is 43.2. The van der Waals surface area contributed by atoms with Crippen LogP contribution in [-0.2, 0) is 19.9 Å². The number of anilines is 2. The zero-order valence-corrected chi connectivity index (χ0v) is 18.3. The number of carbonyl (C=O) groups excluding carboxylic acids is 3. The summed E-state index contributed by atoms with van der Waals surface area (Å²) in [5.74, 6) is -2.86. The Morgan fingerprint density at radius 2 is 1.97 bits per heavy atom. The van der Waals surface area contributed by atoms with Gasteiger partial charge in [-0.3, -0.25) is 14.4 Å². The lowest BCUT2D eigenvalue weighted by molar-refractivity contribution is -0.948. The Kier molecular flexibility index (Phi) is 3.85. The van der Waals surface area contributed by atoms with Gasteiger partial charge in [0.15, 0.2) is 0 Å². The number of quaternary nitrogens is 1. The Labute approximate surface area is 186 Å². The van der Waals surface area contributed by atoms with Crippen LogP contribution in [0, 0.1) is 24.6 Å². The van der Waals surface area contributed by atoms with Gasteiger partial charge in [-0.05, 0) is 58.7 Å². The van der Waals surface area contributed by atoms with Crippen molar-refractivity contribution in [1.29, 1.82) is 0 Å². The average Bonchev–Trinajstić information content (AvgIpc) is 3.42. The molecule has 4 aliphatic rings. The molecule has 3 saturated heterocycles. The number of benzene rings is 2. The second-order valence-electron chi connectivity index (χ2n) is 8.95. The van der Waals surface area contributed by atoms with E-state index < -0.39 is 23.2 Å². The van der Waals surface area contributed by atoms with Gasteiger partial charge in [-0.15, -0.1) is 0 Å². The number of halogens is 2. The molecule has 2 aromatic rings. The molecule has 8 heteroatoms. The van der Waals surface area contributed by atoms with Gasteiger partial charge in [-0.25, -0.2) is 9.29 Å². The van der Waals surface area contributed by atoms with Crippen LogP contribution in [0.25, 0.3) is 0 Å². The minimum atomic E-state index is -1.28. The molecule has 4 aliphatic heterocycles. The molecule has 1 spiro atoms. The highest BCUT2D eigenvalue weighted by Crippen LogP contribution is 2.52. The van der Waals surface area contributed by atoms with Crippen LogP contribution in [0.5, 0.6) is 0 Å². The molecule has 3 fully saturated rings. The largest absolute Gasteiger partial charge is 0.320 e. The fourth-order valence-electron chi connectivity index (χ4n) is 6.46. The molecule has 4 unspecified atom stereocenters. The molecule has 0 aromatic heterocycles. The number of nitrogens with one attached hydrogen (secondary N) is 2. The number of aryl methyl sites for hydroxylation is 1. The molecule has 6 rings (SSSR count). The van der Waals surface area contributed by atoms with E-state index in [9.17, 15) is 18.8 Å². The summed E-state index contributed by atoms with van der Waals surface area (Å²) in [6.07, 6.45) is 1.62. The number of hydrogen-bond donors (Lipinski definition) is 2. The van der Waals surface area contributed by atoms with E-state index in [1.807, 2.05) is 19.1 Å². The number of fused-ring (bicyclic) bond motifs is 7. The van der Waals surface area contributed by atoms with Crippen LogP contribution in [0.3, 0.4) is 0 Å². The molecule has 0 bridgehead atoms. The van der Waals surface area contributed by atoms with Gasteiger partial charge in [-0.1, -0.05) is 6.07 Å². The molecule has 0 radical (unpaired) electrons. The minimum Gasteiger partial charge on any atom is -0.320 e. The highest BCUT2D eigenvalue weighted by molar-refractivity contribution is 9.10. The smallest absolute Gasteiger partial charge is 0.291 e. The zero-order valence-electron chi connectivity index (χ0n) is 16.7. The van der Waals surface area contributed by atoms with Crippen molar-refractivity contribution in [2.24, 2.45) is 11.8 Å². The summed E-state index contributed by atoms with van der Waals surface area (Å²) in [6, 6.07) is 9.54. The molecule has 158 valence electrons. The van der Waals surface area contributed by atoms with Gasteiger partial charge in [0.05, 0.1) is 17.9 Å². The maximum Gasteiger partial charge on any atom is 0.291 e. The highest BCUT2D eigenvalue weighted by atomic mass is 79.9. The Morgan fingerprint density at radius 3 is 2.74 bits per heavy atom. The first-order valence-corrected chi connectivity index (χ1v) is 11.3. The summed E-state index contributed by atoms with van der Waals surface area (Å²) in [7, 11) is 0. The maximum atomic E-state index is 14.3. The number of imide groups is 1. The molecule has 0 saturated carbocycles. The number of rotatable bonds is 1. The summed E-state index contributed by atoms with van der Waals surface area (Å²) >= 11 is 3.49. The normalized spacial score (nSPS) is 33.1. The van der Waals surface area contributed by atoms with Crippen LogP contribution in [0.1, 0.15) is 24.0 Å². The van der Waals surface area contributed by atoms with Gasteiger partial charge in [0, 0.05) is 22.9 Å². The van der Waals surface area contributed by atoms with Gasteiger partial charge in [0.2, 0.25) is 17.4 Å². The van der Waals surface area contributed by atoms with Crippen molar-refractivity contribution in [3.8, 4) is 0 Å². The van der Waals surface area contributed by atoms with E-state index in [1.165, 1.54) is 17.0 Å². The predicted molar refractivity (Wildman–Crippen MR) is 114 cm³/mol. The van der Waals surface area contributed by atoms with E-state index in [-0.39, 0.29) is 23.8 Å². The first-order valence-electron chi connectivity index (χ1n) is 10.5. The average molecular weight is 485 g/mol. The van der Waals surface area contributed by atoms with E-state index in [4.69, 9.17) is 0 Å². The lowest BCUT2D eigenvalue weighted by atomic mass is 9.75. The Bertz CT molecular complexity index is 1200. The quantitative estimate of drug-likeness (QED) is 0.607. The molecule has 2 N–H and O–H groups in total. The molecule has 2 aromatic carbocycles. The van der Waals surface area contributed by atoms with E-state index in [2.05, 4.69) is 21.2 Å². The van der Waals surface area contributed by atoms with Gasteiger partial charge in [-0.2, -0.15) is 0 Å². The van der Waals surface area contributed by atoms with Crippen molar-refractivity contribution in [2.75, 3.05) is 16.8 Å². The lowest BCUT2D eigenvalue weighted by Crippen LogP contribution is -3.19. The second kappa shape index (κ2) is 6.23. The molecule has 31 heavy (non-hydrogen) atoms. The van der Waals surface area contributed by atoms with Gasteiger partial charge < -0.3 is 10.2 Å². The second-order valence-corrected chi connectivity index (χ2v) is 9.80. The van der Waals surface area contributed by atoms with Crippen molar-refractivity contribution < 1.29 is 23.7 Å². The standard InChI is InChI=1S/C23H19BrFN3O3/c1-11-4-7-16(14(24)9-11)28-20(29)18-17-3-2-8-27(17)23(19(18)21(28)30)13-10-12(25)5-6-15(13)26-22(23)31/h4-7,9-10,17-19H,2-3,8H2,1H3,(H,26,31)/p+1/t17?,18?,19?,23-/m1/s1. The molecular weight excluding hydrogens is 465 g/mol. The SMILES string of the molecule is Cc1ccc(N2C(=O)C3C4CCC[NH+]4[C@@]4(C(=O)Nc5ccc(F)cc54)C3C2=O)c(Br)c1. The van der Waals surface area contributed by atoms with Crippen molar-refractivity contribution in [1.82, 2.24) is 0 Å². The summed E-state index contributed by atoms with van der Waals surface area (Å²) in [5, 5.41) is 2.87. The number of nitrogens with zero attached hydrogens (tertiary/aromatic N) is 1. The number of amides is 3. The highest BCUT2D eigenvalue weighted by Gasteiger charge is 2.78. The Morgan fingerprint density at radius 1 is 1.16 bits per heavy atom. The maximum absolute atomic E-state index is 14.3. The monoisotopic (exact) mass is 484 g/mol. The fraction of sp³-hybridized carbons (Fsp3) is 0.348. The molecule has 0 aliphatic carbocycles. The van der Waals surface area contributed by atoms with Crippen LogP contribution in [-0.4, -0.2) is 30.3 Å². The minimum absolute atomic E-state index is 0.143. The van der Waals surface area contributed by atoms with E-state index in [0.717, 1.165) is 23.3 Å². The Balaban J connectivity index is 1.57. The van der Waals surface area contributed by atoms with Gasteiger partial charge >= 0.3 is 0 Å². The van der Waals surface area contributed by atoms with Crippen LogP contribution in [0.2, 0.25) is 0 Å². The third-order valence-electron chi connectivity index (χ3n) is 7.52. The van der Waals surface area contributed by atoms with Crippen LogP contribution in [0.15, 0.2) is 40.9 Å². The topological polar surface area (TPSA) is 70.9 Å². The molecule has 6 nitrogen and oxygen atoms in total. The van der Waals surface area contributed by atoms with Crippen molar-refractivity contribution >= 4 is 45.0 Å². The third kappa shape index (κ3) is 2.22. The van der Waals surface area contributed by atoms with Crippen LogP contribution >= 0.6 is 15.9 Å². The lowest BCUT2D eigenvalue weighted by Gasteiger charge is -2.33. The molecule has 3 amide bonds. The number of carbonyl (C=O) groups is 3. The van der Waals surface area contributed by atoms with Crippen molar-refractivity contribution in [2.45, 2.75) is 31.3 Å². The summed E-state index contributed by atoms with van der Waals surface area (Å²) < 4.78 is 15.0. The van der Waals surface area contributed by atoms with Gasteiger partial charge in [0.25, 0.3) is 5.91 Å². The van der Waals surface area contributed by atoms with E-state index in [1.54, 1.807) is 12.1 Å². The molecule has 4 heterocycles. The van der Waals surface area contributed by atoms with Crippen molar-refractivity contribution in [3.63, 3.8) is 0 Å². The molecule has 5 atom stereocenters. The first kappa shape index (κ1) is 19.1. The Hall–Kier alpha value is -2.58. The van der Waals surface area contributed by atoms with E-state index in [0.29, 0.717) is 28.0 Å². The van der Waals surface area contributed by atoms with E-state index >= 15 is 0 Å². The predicted octanol–water partition coefficient (Wildman–Crippen LogP) is 1.91. The third-order valence-corrected chi connectivity index (χ3v) is 8.16. The van der Waals surface area contributed by atoms with Crippen molar-refractivity contribution in [3.05, 3.63) is 57.8 Å². The van der Waals surface area contributed by atoms with Crippen LogP contribution in [0.4, 0.5) is 15.8 Å². The van der Waals surface area contributed by atoms with Crippen LogP contribution < -0.4 is 15.1 Å². The van der Waals surface area contributed by atoms with Gasteiger partial charge in [0.1, 0.15) is 23.7 Å². The number of hydrogen-bond acceptors (Lipinski definition) is 3. The fourth-order valence-corrected chi connectivity index (χ4v) is 7.13.